The highest BCUT2D eigenvalue weighted by atomic mass is 16.5. The van der Waals surface area contributed by atoms with Gasteiger partial charge in [0.05, 0.1) is 13.2 Å². The van der Waals surface area contributed by atoms with Gasteiger partial charge in [-0.2, -0.15) is 0 Å². The molecular formula is C21H33NO5. The molecule has 1 aromatic carbocycles. The number of hydrogen-bond donors (Lipinski definition) is 1. The molecule has 6 nitrogen and oxygen atoms in total. The molecule has 0 bridgehead atoms. The van der Waals surface area contributed by atoms with Crippen molar-refractivity contribution in [3.05, 3.63) is 23.8 Å². The third-order valence-corrected chi connectivity index (χ3v) is 4.03. The lowest BCUT2D eigenvalue weighted by molar-refractivity contribution is -0.140. The third kappa shape index (κ3) is 6.86. The molecule has 1 aromatic rings. The lowest BCUT2D eigenvalue weighted by atomic mass is 9.98. The maximum Gasteiger partial charge on any atom is 0.341 e. The molecule has 1 atom stereocenters. The quantitative estimate of drug-likeness (QED) is 0.538. The molecule has 1 rings (SSSR count). The molecular weight excluding hydrogens is 346 g/mol. The summed E-state index contributed by atoms with van der Waals surface area (Å²) in [5.41, 5.74) is -0.101. The van der Waals surface area contributed by atoms with Crippen molar-refractivity contribution in [2.24, 2.45) is 0 Å². The average Bonchev–Trinajstić information content (AvgIpc) is 2.65. The molecule has 0 spiro atoms. The normalized spacial score (nSPS) is 12.9. The summed E-state index contributed by atoms with van der Waals surface area (Å²) in [5.74, 6) is -0.250. The molecule has 0 saturated heterocycles. The van der Waals surface area contributed by atoms with E-state index in [1.807, 2.05) is 20.8 Å². The van der Waals surface area contributed by atoms with Gasteiger partial charge in [0.25, 0.3) is 5.91 Å². The van der Waals surface area contributed by atoms with Gasteiger partial charge >= 0.3 is 5.97 Å². The number of hydrogen-bond acceptors (Lipinski definition) is 5. The average molecular weight is 379 g/mol. The molecule has 6 heteroatoms. The van der Waals surface area contributed by atoms with Gasteiger partial charge in [-0.25, -0.2) is 4.79 Å². The lowest BCUT2D eigenvalue weighted by Crippen LogP contribution is -2.43. The minimum Gasteiger partial charge on any atom is -0.493 e. The van der Waals surface area contributed by atoms with E-state index in [2.05, 4.69) is 5.32 Å². The van der Waals surface area contributed by atoms with Crippen LogP contribution in [-0.2, 0) is 14.3 Å². The van der Waals surface area contributed by atoms with Gasteiger partial charge in [0.2, 0.25) is 0 Å². The van der Waals surface area contributed by atoms with Gasteiger partial charge in [-0.05, 0) is 51.3 Å². The number of ether oxygens (including phenoxy) is 3. The fourth-order valence-corrected chi connectivity index (χ4v) is 2.63. The molecule has 0 aliphatic heterocycles. The van der Waals surface area contributed by atoms with Gasteiger partial charge in [0.1, 0.15) is 16.9 Å². The van der Waals surface area contributed by atoms with Crippen LogP contribution in [0.3, 0.4) is 0 Å². The number of esters is 1. The lowest BCUT2D eigenvalue weighted by Gasteiger charge is -2.28. The fourth-order valence-electron chi connectivity index (χ4n) is 2.63. The van der Waals surface area contributed by atoms with E-state index in [9.17, 15) is 9.59 Å². The van der Waals surface area contributed by atoms with Crippen molar-refractivity contribution in [2.75, 3.05) is 25.1 Å². The number of carbonyl (C=O) groups excluding carboxylic acids is 2. The Labute approximate surface area is 162 Å². The molecule has 1 unspecified atom stereocenters. The van der Waals surface area contributed by atoms with Crippen LogP contribution in [0.4, 0.5) is 5.69 Å². The highest BCUT2D eigenvalue weighted by Crippen LogP contribution is 2.26. The zero-order valence-corrected chi connectivity index (χ0v) is 17.2. The summed E-state index contributed by atoms with van der Waals surface area (Å²) >= 11 is 0. The van der Waals surface area contributed by atoms with E-state index >= 15 is 0 Å². The van der Waals surface area contributed by atoms with Gasteiger partial charge in [-0.1, -0.05) is 27.2 Å². The second-order valence-electron chi connectivity index (χ2n) is 6.56. The van der Waals surface area contributed by atoms with Crippen LogP contribution in [-0.4, -0.2) is 37.3 Å². The summed E-state index contributed by atoms with van der Waals surface area (Å²) in [6.45, 7) is 10.8. The second-order valence-corrected chi connectivity index (χ2v) is 6.56. The molecule has 0 saturated carbocycles. The molecule has 0 aromatic heterocycles. The standard InChI is InChI=1S/C21H33NO5/c1-6-12-21(5,27-14-8-3)20(24)22-16-10-11-18(26-13-7-2)17(15-16)19(23)25-9-4/h10-11,15H,6-9,12-14H2,1-5H3,(H,22,24). The fraction of sp³-hybridized carbons (Fsp3) is 0.619. The molecule has 0 heterocycles. The van der Waals surface area contributed by atoms with Crippen LogP contribution in [0.1, 0.15) is 70.7 Å². The molecule has 0 aliphatic carbocycles. The maximum absolute atomic E-state index is 12.8. The van der Waals surface area contributed by atoms with Crippen LogP contribution < -0.4 is 10.1 Å². The predicted octanol–water partition coefficient (Wildman–Crippen LogP) is 4.58. The largest absolute Gasteiger partial charge is 0.493 e. The first-order chi connectivity index (χ1) is 12.9. The number of amides is 1. The van der Waals surface area contributed by atoms with Crippen molar-refractivity contribution in [1.29, 1.82) is 0 Å². The first-order valence-electron chi connectivity index (χ1n) is 9.81. The molecule has 27 heavy (non-hydrogen) atoms. The van der Waals surface area contributed by atoms with Crippen molar-refractivity contribution in [3.8, 4) is 5.75 Å². The van der Waals surface area contributed by atoms with Gasteiger partial charge in [0, 0.05) is 12.3 Å². The first-order valence-corrected chi connectivity index (χ1v) is 9.81. The number of carbonyl (C=O) groups is 2. The van der Waals surface area contributed by atoms with E-state index in [0.29, 0.717) is 36.6 Å². The second kappa shape index (κ2) is 11.6. The smallest absolute Gasteiger partial charge is 0.341 e. The molecule has 1 amide bonds. The van der Waals surface area contributed by atoms with Crippen LogP contribution in [0, 0.1) is 0 Å². The van der Waals surface area contributed by atoms with Gasteiger partial charge in [-0.3, -0.25) is 4.79 Å². The van der Waals surface area contributed by atoms with Gasteiger partial charge in [-0.15, -0.1) is 0 Å². The van der Waals surface area contributed by atoms with Crippen molar-refractivity contribution >= 4 is 17.6 Å². The van der Waals surface area contributed by atoms with Crippen LogP contribution >= 0.6 is 0 Å². The Morgan fingerprint density at radius 3 is 2.33 bits per heavy atom. The molecule has 0 fully saturated rings. The minimum absolute atomic E-state index is 0.227. The SMILES string of the molecule is CCCOc1ccc(NC(=O)C(C)(CCC)OCCC)cc1C(=O)OCC. The van der Waals surface area contributed by atoms with E-state index in [1.54, 1.807) is 32.0 Å². The topological polar surface area (TPSA) is 73.9 Å². The predicted molar refractivity (Wildman–Crippen MR) is 106 cm³/mol. The zero-order valence-electron chi connectivity index (χ0n) is 17.2. The Kier molecular flexibility index (Phi) is 9.86. The first kappa shape index (κ1) is 23.0. The van der Waals surface area contributed by atoms with E-state index in [4.69, 9.17) is 14.2 Å². The van der Waals surface area contributed by atoms with Crippen LogP contribution in [0.2, 0.25) is 0 Å². The Morgan fingerprint density at radius 1 is 1.04 bits per heavy atom. The number of anilines is 1. The van der Waals surface area contributed by atoms with Crippen LogP contribution in [0.5, 0.6) is 5.75 Å². The van der Waals surface area contributed by atoms with Crippen molar-refractivity contribution < 1.29 is 23.8 Å². The Hall–Kier alpha value is -2.08. The van der Waals surface area contributed by atoms with E-state index < -0.39 is 11.6 Å². The Bertz CT molecular complexity index is 617. The molecule has 1 N–H and O–H groups in total. The highest BCUT2D eigenvalue weighted by molar-refractivity contribution is 5.99. The van der Waals surface area contributed by atoms with Gasteiger partial charge in [0.15, 0.2) is 0 Å². The van der Waals surface area contributed by atoms with E-state index in [0.717, 1.165) is 19.3 Å². The summed E-state index contributed by atoms with van der Waals surface area (Å²) in [6.07, 6.45) is 3.10. The summed E-state index contributed by atoms with van der Waals surface area (Å²) in [5, 5.41) is 2.87. The molecule has 0 radical (unpaired) electrons. The summed E-state index contributed by atoms with van der Waals surface area (Å²) in [4.78, 5) is 25.1. The van der Waals surface area contributed by atoms with Crippen LogP contribution in [0.25, 0.3) is 0 Å². The monoisotopic (exact) mass is 379 g/mol. The summed E-state index contributed by atoms with van der Waals surface area (Å²) < 4.78 is 16.6. The maximum atomic E-state index is 12.8. The summed E-state index contributed by atoms with van der Waals surface area (Å²) in [7, 11) is 0. The zero-order chi connectivity index (χ0) is 20.3. The Morgan fingerprint density at radius 2 is 1.74 bits per heavy atom. The van der Waals surface area contributed by atoms with Crippen molar-refractivity contribution in [3.63, 3.8) is 0 Å². The number of benzene rings is 1. The van der Waals surface area contributed by atoms with Crippen LogP contribution in [0.15, 0.2) is 18.2 Å². The number of rotatable bonds is 12. The van der Waals surface area contributed by atoms with Crippen molar-refractivity contribution in [2.45, 2.75) is 65.9 Å². The third-order valence-electron chi connectivity index (χ3n) is 4.03. The van der Waals surface area contributed by atoms with Gasteiger partial charge < -0.3 is 19.5 Å². The van der Waals surface area contributed by atoms with Crippen molar-refractivity contribution in [1.82, 2.24) is 0 Å². The Balaban J connectivity index is 3.05. The number of nitrogens with one attached hydrogen (secondary N) is 1. The highest BCUT2D eigenvalue weighted by Gasteiger charge is 2.33. The van der Waals surface area contributed by atoms with E-state index in [-0.39, 0.29) is 12.5 Å². The summed E-state index contributed by atoms with van der Waals surface area (Å²) in [6, 6.07) is 4.99. The molecule has 0 aliphatic rings. The molecule has 152 valence electrons. The van der Waals surface area contributed by atoms with E-state index in [1.165, 1.54) is 0 Å². The minimum atomic E-state index is -0.910.